The van der Waals surface area contributed by atoms with Gasteiger partial charge in [-0.05, 0) is 45.7 Å². The topological polar surface area (TPSA) is 55.6 Å². The first-order valence-electron chi connectivity index (χ1n) is 6.12. The Hall–Kier alpha value is -0.610. The highest BCUT2D eigenvalue weighted by molar-refractivity contribution is 5.79. The molecule has 1 aliphatic carbocycles. The number of carbonyl (C=O) groups excluding carboxylic acids is 1. The van der Waals surface area contributed by atoms with Gasteiger partial charge in [-0.2, -0.15) is 0 Å². The molecule has 1 unspecified atom stereocenters. The lowest BCUT2D eigenvalue weighted by Crippen LogP contribution is -2.46. The zero-order valence-corrected chi connectivity index (χ0v) is 10.7. The van der Waals surface area contributed by atoms with Crippen molar-refractivity contribution in [3.63, 3.8) is 0 Å². The first kappa shape index (κ1) is 13.5. The van der Waals surface area contributed by atoms with Crippen molar-refractivity contribution in [3.05, 3.63) is 0 Å². The molecular formula is C12H24N2O2. The smallest absolute Gasteiger partial charge is 0.325 e. The highest BCUT2D eigenvalue weighted by Crippen LogP contribution is 2.27. The van der Waals surface area contributed by atoms with Crippen molar-refractivity contribution in [2.75, 3.05) is 20.2 Å². The maximum atomic E-state index is 11.4. The Bertz CT molecular complexity index is 237. The molecule has 0 aromatic heterocycles. The number of nitrogens with zero attached hydrogens (tertiary/aromatic N) is 1. The van der Waals surface area contributed by atoms with E-state index in [9.17, 15) is 4.79 Å². The van der Waals surface area contributed by atoms with E-state index in [2.05, 4.69) is 16.6 Å². The van der Waals surface area contributed by atoms with Crippen LogP contribution in [0, 0.1) is 0 Å². The molecule has 0 aromatic carbocycles. The van der Waals surface area contributed by atoms with E-state index in [0.29, 0.717) is 6.42 Å². The van der Waals surface area contributed by atoms with Crippen LogP contribution in [-0.4, -0.2) is 42.6 Å². The molecular weight excluding hydrogens is 204 g/mol. The molecule has 0 aliphatic heterocycles. The van der Waals surface area contributed by atoms with Gasteiger partial charge in [0.1, 0.15) is 5.54 Å². The van der Waals surface area contributed by atoms with Gasteiger partial charge in [0.2, 0.25) is 0 Å². The van der Waals surface area contributed by atoms with Crippen LogP contribution in [0.15, 0.2) is 0 Å². The van der Waals surface area contributed by atoms with E-state index in [-0.39, 0.29) is 5.97 Å². The van der Waals surface area contributed by atoms with Crippen LogP contribution >= 0.6 is 0 Å². The summed E-state index contributed by atoms with van der Waals surface area (Å²) in [6.45, 7) is 6.04. The minimum atomic E-state index is -0.836. The summed E-state index contributed by atoms with van der Waals surface area (Å²) in [6, 6.07) is 0.784. The van der Waals surface area contributed by atoms with Gasteiger partial charge in [-0.3, -0.25) is 4.79 Å². The third-order valence-electron chi connectivity index (χ3n) is 3.26. The molecule has 94 valence electrons. The predicted octanol–water partition coefficient (Wildman–Crippen LogP) is 1.14. The molecule has 1 fully saturated rings. The Morgan fingerprint density at radius 1 is 1.56 bits per heavy atom. The fourth-order valence-corrected chi connectivity index (χ4v) is 2.02. The first-order valence-corrected chi connectivity index (χ1v) is 6.12. The molecule has 0 radical (unpaired) electrons. The van der Waals surface area contributed by atoms with Crippen LogP contribution in [0.3, 0.4) is 0 Å². The monoisotopic (exact) mass is 228 g/mol. The Kier molecular flexibility index (Phi) is 4.74. The molecule has 16 heavy (non-hydrogen) atoms. The maximum Gasteiger partial charge on any atom is 0.325 e. The van der Waals surface area contributed by atoms with Crippen LogP contribution in [0.4, 0.5) is 0 Å². The Labute approximate surface area is 98.1 Å². The third kappa shape index (κ3) is 3.76. The summed E-state index contributed by atoms with van der Waals surface area (Å²) >= 11 is 0. The van der Waals surface area contributed by atoms with E-state index in [1.54, 1.807) is 6.92 Å². The SMILES string of the molecule is CCN(CCCC(C)(N)C(=O)OC)C1CC1. The molecule has 1 rings (SSSR count). The van der Waals surface area contributed by atoms with Crippen molar-refractivity contribution >= 4 is 5.97 Å². The van der Waals surface area contributed by atoms with Crippen LogP contribution < -0.4 is 5.73 Å². The lowest BCUT2D eigenvalue weighted by Gasteiger charge is -2.24. The van der Waals surface area contributed by atoms with E-state index in [1.807, 2.05) is 0 Å². The second-order valence-corrected chi connectivity index (χ2v) is 4.87. The van der Waals surface area contributed by atoms with Gasteiger partial charge in [0.05, 0.1) is 7.11 Å². The summed E-state index contributed by atoms with van der Waals surface area (Å²) in [5, 5.41) is 0. The lowest BCUT2D eigenvalue weighted by molar-refractivity contribution is -0.146. The van der Waals surface area contributed by atoms with Crippen molar-refractivity contribution < 1.29 is 9.53 Å². The summed E-state index contributed by atoms with van der Waals surface area (Å²) in [7, 11) is 1.38. The summed E-state index contributed by atoms with van der Waals surface area (Å²) in [5.41, 5.74) is 5.06. The second-order valence-electron chi connectivity index (χ2n) is 4.87. The minimum Gasteiger partial charge on any atom is -0.468 e. The largest absolute Gasteiger partial charge is 0.468 e. The normalized spacial score (nSPS) is 19.6. The molecule has 0 heterocycles. The number of hydrogen-bond donors (Lipinski definition) is 1. The molecule has 0 aromatic rings. The van der Waals surface area contributed by atoms with Gasteiger partial charge in [0.15, 0.2) is 0 Å². The number of nitrogens with two attached hydrogens (primary N) is 1. The molecule has 1 atom stereocenters. The number of hydrogen-bond acceptors (Lipinski definition) is 4. The lowest BCUT2D eigenvalue weighted by atomic mass is 9.97. The third-order valence-corrected chi connectivity index (χ3v) is 3.26. The highest BCUT2D eigenvalue weighted by atomic mass is 16.5. The average molecular weight is 228 g/mol. The molecule has 0 amide bonds. The Balaban J connectivity index is 2.25. The van der Waals surface area contributed by atoms with Crippen molar-refractivity contribution in [2.45, 2.75) is 51.1 Å². The zero-order valence-electron chi connectivity index (χ0n) is 10.7. The standard InChI is InChI=1S/C12H24N2O2/c1-4-14(10-6-7-10)9-5-8-12(2,13)11(15)16-3/h10H,4-9,13H2,1-3H3. The summed E-state index contributed by atoms with van der Waals surface area (Å²) in [5.74, 6) is -0.318. The van der Waals surface area contributed by atoms with E-state index < -0.39 is 5.54 Å². The number of ether oxygens (including phenoxy) is 1. The van der Waals surface area contributed by atoms with Crippen molar-refractivity contribution in [3.8, 4) is 0 Å². The molecule has 4 heteroatoms. The quantitative estimate of drug-likeness (QED) is 0.664. The molecule has 0 saturated heterocycles. The van der Waals surface area contributed by atoms with Crippen LogP contribution in [0.1, 0.15) is 39.5 Å². The molecule has 4 nitrogen and oxygen atoms in total. The van der Waals surface area contributed by atoms with E-state index in [4.69, 9.17) is 5.73 Å². The molecule has 0 bridgehead atoms. The maximum absolute atomic E-state index is 11.4. The molecule has 1 saturated carbocycles. The fourth-order valence-electron chi connectivity index (χ4n) is 2.02. The van der Waals surface area contributed by atoms with Gasteiger partial charge in [0, 0.05) is 6.04 Å². The molecule has 1 aliphatic rings. The van der Waals surface area contributed by atoms with Crippen LogP contribution in [0.2, 0.25) is 0 Å². The van der Waals surface area contributed by atoms with Crippen molar-refractivity contribution in [2.24, 2.45) is 5.73 Å². The number of esters is 1. The molecule has 2 N–H and O–H groups in total. The van der Waals surface area contributed by atoms with Gasteiger partial charge in [-0.25, -0.2) is 0 Å². The van der Waals surface area contributed by atoms with Gasteiger partial charge in [-0.1, -0.05) is 6.92 Å². The van der Waals surface area contributed by atoms with Crippen LogP contribution in [-0.2, 0) is 9.53 Å². The first-order chi connectivity index (χ1) is 7.51. The zero-order chi connectivity index (χ0) is 12.2. The van der Waals surface area contributed by atoms with Crippen LogP contribution in [0.5, 0.6) is 0 Å². The highest BCUT2D eigenvalue weighted by Gasteiger charge is 2.31. The fraction of sp³-hybridized carbons (Fsp3) is 0.917. The van der Waals surface area contributed by atoms with Gasteiger partial charge in [-0.15, -0.1) is 0 Å². The van der Waals surface area contributed by atoms with E-state index in [1.165, 1.54) is 20.0 Å². The summed E-state index contributed by atoms with van der Waals surface area (Å²) in [6.07, 6.45) is 4.28. The van der Waals surface area contributed by atoms with Gasteiger partial charge < -0.3 is 15.4 Å². The van der Waals surface area contributed by atoms with Gasteiger partial charge in [0.25, 0.3) is 0 Å². The number of methoxy groups -OCH3 is 1. The Morgan fingerprint density at radius 2 is 2.19 bits per heavy atom. The minimum absolute atomic E-state index is 0.318. The predicted molar refractivity (Wildman–Crippen MR) is 64.1 cm³/mol. The van der Waals surface area contributed by atoms with E-state index >= 15 is 0 Å². The summed E-state index contributed by atoms with van der Waals surface area (Å²) < 4.78 is 4.68. The van der Waals surface area contributed by atoms with Crippen molar-refractivity contribution in [1.29, 1.82) is 0 Å². The number of rotatable bonds is 7. The number of carbonyl (C=O) groups is 1. The van der Waals surface area contributed by atoms with Crippen molar-refractivity contribution in [1.82, 2.24) is 4.90 Å². The molecule has 0 spiro atoms. The van der Waals surface area contributed by atoms with Crippen LogP contribution in [0.25, 0.3) is 0 Å². The average Bonchev–Trinajstić information content (AvgIpc) is 3.07. The van der Waals surface area contributed by atoms with E-state index in [0.717, 1.165) is 25.6 Å². The van der Waals surface area contributed by atoms with Gasteiger partial charge >= 0.3 is 5.97 Å². The second kappa shape index (κ2) is 5.64. The summed E-state index contributed by atoms with van der Waals surface area (Å²) in [4.78, 5) is 13.8. The Morgan fingerprint density at radius 3 is 2.62 bits per heavy atom.